The molecular weight excluding hydrogens is 334 g/mol. The maximum atomic E-state index is 5.57. The molecule has 128 valence electrons. The maximum absolute atomic E-state index is 5.57. The number of nitrogens with zero attached hydrogens (tertiary/aromatic N) is 3. The van der Waals surface area contributed by atoms with E-state index in [4.69, 9.17) is 10.5 Å². The largest absolute Gasteiger partial charge is 0.497 e. The zero-order valence-corrected chi connectivity index (χ0v) is 14.8. The van der Waals surface area contributed by atoms with Crippen LogP contribution in [0.3, 0.4) is 0 Å². The lowest BCUT2D eigenvalue weighted by Crippen LogP contribution is -2.09. The van der Waals surface area contributed by atoms with E-state index < -0.39 is 0 Å². The number of benzene rings is 2. The Morgan fingerprint density at radius 3 is 2.32 bits per heavy atom. The molecule has 0 spiro atoms. The molecule has 0 radical (unpaired) electrons. The van der Waals surface area contributed by atoms with Crippen molar-refractivity contribution in [2.24, 2.45) is 5.10 Å². The van der Waals surface area contributed by atoms with Crippen LogP contribution in [0.25, 0.3) is 0 Å². The van der Waals surface area contributed by atoms with E-state index in [0.29, 0.717) is 10.9 Å². The Hall–Kier alpha value is -3.06. The molecule has 2 aromatic carbocycles. The van der Waals surface area contributed by atoms with Gasteiger partial charge in [0, 0.05) is 23.8 Å². The number of nitrogen functional groups attached to an aromatic ring is 1. The number of nitrogens with one attached hydrogen (secondary N) is 1. The van der Waals surface area contributed by atoms with Crippen LogP contribution in [0.2, 0.25) is 0 Å². The van der Waals surface area contributed by atoms with Crippen LogP contribution in [-0.4, -0.2) is 25.4 Å². The van der Waals surface area contributed by atoms with Crippen molar-refractivity contribution < 1.29 is 4.74 Å². The molecule has 0 atom stereocenters. The molecule has 0 fully saturated rings. The van der Waals surface area contributed by atoms with Gasteiger partial charge in [0.1, 0.15) is 11.6 Å². The number of nitrogens with two attached hydrogens (primary N) is 1. The summed E-state index contributed by atoms with van der Waals surface area (Å²) in [6.07, 6.45) is 1.74. The van der Waals surface area contributed by atoms with Gasteiger partial charge in [-0.05, 0) is 42.0 Å². The van der Waals surface area contributed by atoms with Crippen molar-refractivity contribution in [1.82, 2.24) is 4.98 Å². The van der Waals surface area contributed by atoms with E-state index in [2.05, 4.69) is 20.4 Å². The molecule has 0 bridgehead atoms. The van der Waals surface area contributed by atoms with E-state index in [1.165, 1.54) is 11.3 Å². The molecule has 0 unspecified atom stereocenters. The molecule has 0 saturated carbocycles. The maximum Gasteiger partial charge on any atom is 0.205 e. The minimum atomic E-state index is 0.494. The minimum absolute atomic E-state index is 0.494. The van der Waals surface area contributed by atoms with Crippen molar-refractivity contribution in [3.63, 3.8) is 0 Å². The van der Waals surface area contributed by atoms with Gasteiger partial charge in [0.15, 0.2) is 0 Å². The quantitative estimate of drug-likeness (QED) is 0.518. The summed E-state index contributed by atoms with van der Waals surface area (Å²) in [6.45, 7) is 0. The number of thiazole rings is 1. The molecule has 7 heteroatoms. The van der Waals surface area contributed by atoms with Gasteiger partial charge in [0.25, 0.3) is 0 Å². The van der Waals surface area contributed by atoms with Crippen LogP contribution in [0.1, 0.15) is 5.56 Å². The minimum Gasteiger partial charge on any atom is -0.497 e. The first-order chi connectivity index (χ1) is 12.2. The third-order valence-electron chi connectivity index (χ3n) is 3.64. The van der Waals surface area contributed by atoms with E-state index >= 15 is 0 Å². The van der Waals surface area contributed by atoms with Crippen LogP contribution in [-0.2, 0) is 0 Å². The SMILES string of the molecule is COc1ccc(N(C)c2ccc(C=NNc3nc(N)cs3)cc2)cc1. The highest BCUT2D eigenvalue weighted by Gasteiger charge is 2.04. The number of anilines is 4. The molecule has 0 aliphatic rings. The topological polar surface area (TPSA) is 75.8 Å². The Bertz CT molecular complexity index is 843. The van der Waals surface area contributed by atoms with E-state index in [-0.39, 0.29) is 0 Å². The second-order valence-electron chi connectivity index (χ2n) is 5.30. The molecule has 0 aliphatic heterocycles. The van der Waals surface area contributed by atoms with Gasteiger partial charge in [-0.15, -0.1) is 11.3 Å². The first-order valence-corrected chi connectivity index (χ1v) is 8.51. The summed E-state index contributed by atoms with van der Waals surface area (Å²) in [6, 6.07) is 16.1. The van der Waals surface area contributed by atoms with Gasteiger partial charge in [-0.3, -0.25) is 5.43 Å². The molecular formula is C18H19N5OS. The zero-order chi connectivity index (χ0) is 17.6. The summed E-state index contributed by atoms with van der Waals surface area (Å²) in [5, 5.41) is 6.60. The Kier molecular flexibility index (Phi) is 5.15. The summed E-state index contributed by atoms with van der Waals surface area (Å²) in [4.78, 5) is 6.19. The van der Waals surface area contributed by atoms with Crippen LogP contribution in [0.5, 0.6) is 5.75 Å². The van der Waals surface area contributed by atoms with Gasteiger partial charge >= 0.3 is 0 Å². The van der Waals surface area contributed by atoms with E-state index in [1.54, 1.807) is 18.7 Å². The Labute approximate surface area is 150 Å². The number of rotatable bonds is 6. The molecule has 3 N–H and O–H groups in total. The zero-order valence-electron chi connectivity index (χ0n) is 14.0. The highest BCUT2D eigenvalue weighted by atomic mass is 32.1. The fraction of sp³-hybridized carbons (Fsp3) is 0.111. The van der Waals surface area contributed by atoms with Crippen LogP contribution in [0.4, 0.5) is 22.3 Å². The van der Waals surface area contributed by atoms with Gasteiger partial charge in [0.05, 0.1) is 13.3 Å². The van der Waals surface area contributed by atoms with Crippen LogP contribution < -0.4 is 20.8 Å². The molecule has 1 heterocycles. The number of hydrazone groups is 1. The van der Waals surface area contributed by atoms with Crippen molar-refractivity contribution in [3.8, 4) is 5.75 Å². The van der Waals surface area contributed by atoms with Crippen molar-refractivity contribution >= 4 is 39.9 Å². The fourth-order valence-electron chi connectivity index (χ4n) is 2.24. The van der Waals surface area contributed by atoms with Gasteiger partial charge < -0.3 is 15.4 Å². The average molecular weight is 353 g/mol. The van der Waals surface area contributed by atoms with Crippen LogP contribution in [0.15, 0.2) is 59.0 Å². The van der Waals surface area contributed by atoms with Gasteiger partial charge in [-0.2, -0.15) is 5.10 Å². The summed E-state index contributed by atoms with van der Waals surface area (Å²) in [5.41, 5.74) is 11.6. The predicted molar refractivity (Wildman–Crippen MR) is 105 cm³/mol. The third kappa shape index (κ3) is 4.27. The number of hydrogen-bond acceptors (Lipinski definition) is 7. The molecule has 0 aliphatic carbocycles. The smallest absolute Gasteiger partial charge is 0.205 e. The summed E-state index contributed by atoms with van der Waals surface area (Å²) in [7, 11) is 3.69. The normalized spacial score (nSPS) is 10.8. The second kappa shape index (κ2) is 7.67. The molecule has 0 amide bonds. The van der Waals surface area contributed by atoms with Crippen molar-refractivity contribution in [2.45, 2.75) is 0 Å². The molecule has 0 saturated heterocycles. The van der Waals surface area contributed by atoms with E-state index in [9.17, 15) is 0 Å². The van der Waals surface area contributed by atoms with E-state index in [0.717, 1.165) is 22.7 Å². The Morgan fingerprint density at radius 2 is 1.76 bits per heavy atom. The Balaban J connectivity index is 1.64. The first-order valence-electron chi connectivity index (χ1n) is 7.63. The highest BCUT2D eigenvalue weighted by Crippen LogP contribution is 2.25. The summed E-state index contributed by atoms with van der Waals surface area (Å²) >= 11 is 1.41. The average Bonchev–Trinajstić information content (AvgIpc) is 3.07. The van der Waals surface area contributed by atoms with Gasteiger partial charge in [-0.1, -0.05) is 12.1 Å². The number of hydrogen-bond donors (Lipinski definition) is 2. The van der Waals surface area contributed by atoms with Crippen LogP contribution in [0, 0.1) is 0 Å². The molecule has 6 nitrogen and oxygen atoms in total. The van der Waals surface area contributed by atoms with Crippen molar-refractivity contribution in [2.75, 3.05) is 30.2 Å². The highest BCUT2D eigenvalue weighted by molar-refractivity contribution is 7.14. The lowest BCUT2D eigenvalue weighted by molar-refractivity contribution is 0.415. The molecule has 3 aromatic rings. The lowest BCUT2D eigenvalue weighted by Gasteiger charge is -2.19. The number of aromatic nitrogens is 1. The predicted octanol–water partition coefficient (Wildman–Crippen LogP) is 3.95. The van der Waals surface area contributed by atoms with Gasteiger partial charge in [-0.25, -0.2) is 4.98 Å². The first kappa shape index (κ1) is 16.8. The third-order valence-corrected chi connectivity index (χ3v) is 4.40. The van der Waals surface area contributed by atoms with Crippen molar-refractivity contribution in [1.29, 1.82) is 0 Å². The Morgan fingerprint density at radius 1 is 1.12 bits per heavy atom. The number of methoxy groups -OCH3 is 1. The summed E-state index contributed by atoms with van der Waals surface area (Å²) in [5.74, 6) is 1.34. The lowest BCUT2D eigenvalue weighted by atomic mass is 10.2. The van der Waals surface area contributed by atoms with Crippen molar-refractivity contribution in [3.05, 3.63) is 59.5 Å². The molecule has 25 heavy (non-hydrogen) atoms. The monoisotopic (exact) mass is 353 g/mol. The van der Waals surface area contributed by atoms with E-state index in [1.807, 2.05) is 55.6 Å². The number of ether oxygens (including phenoxy) is 1. The summed E-state index contributed by atoms with van der Waals surface area (Å²) < 4.78 is 5.19. The van der Waals surface area contributed by atoms with Crippen LogP contribution >= 0.6 is 11.3 Å². The fourth-order valence-corrected chi connectivity index (χ4v) is 2.79. The standard InChI is InChI=1S/C18H19N5OS/c1-23(15-7-9-16(24-2)10-8-15)14-5-3-13(4-6-14)11-20-22-18-21-17(19)12-25-18/h3-12H,19H2,1-2H3,(H,21,22). The second-order valence-corrected chi connectivity index (χ2v) is 6.15. The van der Waals surface area contributed by atoms with Gasteiger partial charge in [0.2, 0.25) is 5.13 Å². The molecule has 3 rings (SSSR count). The molecule has 1 aromatic heterocycles.